The molecule has 0 fully saturated rings. The van der Waals surface area contributed by atoms with Crippen molar-refractivity contribution in [2.75, 3.05) is 7.11 Å². The third-order valence-electron chi connectivity index (χ3n) is 6.42. The molecule has 6 heteroatoms. The predicted octanol–water partition coefficient (Wildman–Crippen LogP) is 6.82. The Hall–Kier alpha value is -4.86. The quantitative estimate of drug-likeness (QED) is 0.263. The van der Waals surface area contributed by atoms with Crippen LogP contribution in [-0.2, 0) is 0 Å². The Morgan fingerprint density at radius 3 is 2.68 bits per heavy atom. The summed E-state index contributed by atoms with van der Waals surface area (Å²) in [5.74, 6) is 7.75. The van der Waals surface area contributed by atoms with Crippen molar-refractivity contribution >= 4 is 45.3 Å². The number of para-hydroxylation sites is 1. The number of hydrogen-bond donors (Lipinski definition) is 1. The Kier molecular flexibility index (Phi) is 6.12. The van der Waals surface area contributed by atoms with Gasteiger partial charge in [-0.15, -0.1) is 11.3 Å². The topological polar surface area (TPSA) is 59.9 Å². The van der Waals surface area contributed by atoms with Crippen LogP contribution >= 0.6 is 11.3 Å². The fraction of sp³-hybridized carbons (Fsp3) is 0.0625. The van der Waals surface area contributed by atoms with Gasteiger partial charge in [-0.3, -0.25) is 9.36 Å². The fourth-order valence-electron chi connectivity index (χ4n) is 4.51. The lowest BCUT2D eigenvalue weighted by Crippen LogP contribution is -2.23. The second-order valence-electron chi connectivity index (χ2n) is 8.85. The van der Waals surface area contributed by atoms with Crippen LogP contribution in [0.3, 0.4) is 0 Å². The van der Waals surface area contributed by atoms with Gasteiger partial charge >= 0.3 is 0 Å². The summed E-state index contributed by atoms with van der Waals surface area (Å²) < 4.78 is 7.09. The number of nitrogens with zero attached hydrogens (tertiary/aromatic N) is 2. The second kappa shape index (κ2) is 9.89. The van der Waals surface area contributed by atoms with Gasteiger partial charge in [-0.25, -0.2) is 4.98 Å². The number of ether oxygens (including phenoxy) is 1. The molecule has 0 bridgehead atoms. The van der Waals surface area contributed by atoms with Crippen LogP contribution in [0.5, 0.6) is 5.75 Å². The van der Waals surface area contributed by atoms with E-state index in [0.29, 0.717) is 16.7 Å². The van der Waals surface area contributed by atoms with Crippen molar-refractivity contribution in [2.24, 2.45) is 0 Å². The molecule has 1 N–H and O–H groups in total. The summed E-state index contributed by atoms with van der Waals surface area (Å²) >= 11 is 1.61. The Labute approximate surface area is 223 Å². The molecular weight excluding hydrogens is 490 g/mol. The first-order chi connectivity index (χ1) is 18.6. The molecule has 0 amide bonds. The van der Waals surface area contributed by atoms with Crippen molar-refractivity contribution in [3.8, 4) is 23.3 Å². The normalized spacial score (nSPS) is 11.2. The average Bonchev–Trinajstić information content (AvgIpc) is 3.61. The van der Waals surface area contributed by atoms with Gasteiger partial charge in [-0.2, -0.15) is 0 Å². The Bertz CT molecular complexity index is 1950. The number of H-pyrrole nitrogens is 1. The van der Waals surface area contributed by atoms with Crippen LogP contribution in [0.25, 0.3) is 39.6 Å². The molecule has 5 nitrogen and oxygen atoms in total. The van der Waals surface area contributed by atoms with Crippen LogP contribution in [0.15, 0.2) is 89.2 Å². The number of thiophene rings is 1. The first kappa shape index (κ1) is 23.5. The number of aromatic nitrogens is 3. The van der Waals surface area contributed by atoms with E-state index < -0.39 is 0 Å². The lowest BCUT2D eigenvalue weighted by molar-refractivity contribution is 0.415. The average molecular weight is 514 g/mol. The monoisotopic (exact) mass is 513 g/mol. The maximum absolute atomic E-state index is 13.8. The number of aryl methyl sites for hydroxylation is 1. The first-order valence-electron chi connectivity index (χ1n) is 12.1. The molecule has 0 radical (unpaired) electrons. The molecule has 0 saturated heterocycles. The number of nitrogens with one attached hydrogen (secondary N) is 1. The maximum atomic E-state index is 13.8. The third kappa shape index (κ3) is 4.40. The molecule has 3 heterocycles. The predicted molar refractivity (Wildman–Crippen MR) is 156 cm³/mol. The van der Waals surface area contributed by atoms with Gasteiger partial charge in [0.1, 0.15) is 11.6 Å². The molecule has 0 spiro atoms. The minimum Gasteiger partial charge on any atom is -0.497 e. The van der Waals surface area contributed by atoms with Gasteiger partial charge in [-0.1, -0.05) is 30.0 Å². The molecule has 0 aliphatic carbocycles. The molecule has 0 aliphatic heterocycles. The number of rotatable bonds is 4. The number of methoxy groups -OCH3 is 1. The van der Waals surface area contributed by atoms with E-state index >= 15 is 0 Å². The third-order valence-corrected chi connectivity index (χ3v) is 7.21. The molecule has 0 saturated carbocycles. The van der Waals surface area contributed by atoms with E-state index in [-0.39, 0.29) is 5.56 Å². The first-order valence-corrected chi connectivity index (χ1v) is 13.0. The largest absolute Gasteiger partial charge is 0.497 e. The Balaban J connectivity index is 1.48. The summed E-state index contributed by atoms with van der Waals surface area (Å²) in [7, 11) is 1.66. The van der Waals surface area contributed by atoms with E-state index in [1.54, 1.807) is 23.0 Å². The van der Waals surface area contributed by atoms with Gasteiger partial charge in [0.25, 0.3) is 5.56 Å². The number of aromatic amines is 1. The van der Waals surface area contributed by atoms with Gasteiger partial charge in [0.05, 0.1) is 28.6 Å². The fourth-order valence-corrected chi connectivity index (χ4v) is 5.08. The zero-order valence-corrected chi connectivity index (χ0v) is 21.7. The second-order valence-corrected chi connectivity index (χ2v) is 9.79. The molecule has 3 aromatic carbocycles. The van der Waals surface area contributed by atoms with E-state index in [9.17, 15) is 4.79 Å². The van der Waals surface area contributed by atoms with Gasteiger partial charge in [-0.05, 0) is 84.6 Å². The maximum Gasteiger partial charge on any atom is 0.266 e. The van der Waals surface area contributed by atoms with E-state index in [0.717, 1.165) is 43.9 Å². The highest BCUT2D eigenvalue weighted by molar-refractivity contribution is 7.10. The van der Waals surface area contributed by atoms with Crippen LogP contribution in [0.1, 0.15) is 27.4 Å². The Morgan fingerprint density at radius 1 is 0.974 bits per heavy atom. The SMILES string of the molecule is COc1ccc2[nH]cc(C=Cc3nc4ccccc4c(=O)n3-c3ccc(C#Cc4cccs4)cc3C)c2c1. The molecule has 0 unspecified atom stereocenters. The highest BCUT2D eigenvalue weighted by atomic mass is 32.1. The highest BCUT2D eigenvalue weighted by Gasteiger charge is 2.13. The summed E-state index contributed by atoms with van der Waals surface area (Å²) in [6, 6.07) is 23.2. The van der Waals surface area contributed by atoms with Crippen molar-refractivity contribution in [1.82, 2.24) is 14.5 Å². The molecule has 6 aromatic rings. The summed E-state index contributed by atoms with van der Waals surface area (Å²) in [4.78, 5) is 22.9. The summed E-state index contributed by atoms with van der Waals surface area (Å²) in [5, 5.41) is 3.61. The van der Waals surface area contributed by atoms with E-state index in [1.165, 1.54) is 0 Å². The lowest BCUT2D eigenvalue weighted by atomic mass is 10.1. The lowest BCUT2D eigenvalue weighted by Gasteiger charge is -2.14. The molecule has 184 valence electrons. The number of fused-ring (bicyclic) bond motifs is 2. The minimum atomic E-state index is -0.114. The van der Waals surface area contributed by atoms with Crippen LogP contribution in [-0.4, -0.2) is 21.6 Å². The molecule has 0 atom stereocenters. The molecule has 3 aromatic heterocycles. The van der Waals surface area contributed by atoms with Gasteiger partial charge in [0, 0.05) is 28.2 Å². The zero-order chi connectivity index (χ0) is 26.1. The van der Waals surface area contributed by atoms with Crippen molar-refractivity contribution in [3.05, 3.63) is 122 Å². The van der Waals surface area contributed by atoms with Crippen molar-refractivity contribution in [3.63, 3.8) is 0 Å². The highest BCUT2D eigenvalue weighted by Crippen LogP contribution is 2.26. The van der Waals surface area contributed by atoms with Gasteiger partial charge in [0.15, 0.2) is 0 Å². The standard InChI is InChI=1S/C32H23N3O2S/c1-21-18-22(9-13-25-6-5-17-38-25)10-15-30(21)35-31(34-29-8-4-3-7-26(29)32(35)36)16-11-23-20-33-28-14-12-24(37-2)19-27(23)28/h3-8,10-12,14-20,33H,1-2H3. The summed E-state index contributed by atoms with van der Waals surface area (Å²) in [6.07, 6.45) is 5.80. The van der Waals surface area contributed by atoms with E-state index in [2.05, 4.69) is 16.8 Å². The van der Waals surface area contributed by atoms with Crippen LogP contribution in [0.2, 0.25) is 0 Å². The molecule has 38 heavy (non-hydrogen) atoms. The van der Waals surface area contributed by atoms with E-state index in [4.69, 9.17) is 9.72 Å². The smallest absolute Gasteiger partial charge is 0.266 e. The molecule has 6 rings (SSSR count). The zero-order valence-electron chi connectivity index (χ0n) is 20.9. The molecular formula is C32H23N3O2S. The molecule has 0 aliphatic rings. The summed E-state index contributed by atoms with van der Waals surface area (Å²) in [5.41, 5.74) is 5.13. The van der Waals surface area contributed by atoms with Crippen LogP contribution in [0.4, 0.5) is 0 Å². The van der Waals surface area contributed by atoms with Gasteiger partial charge < -0.3 is 9.72 Å². The van der Waals surface area contributed by atoms with Gasteiger partial charge in [0.2, 0.25) is 0 Å². The summed E-state index contributed by atoms with van der Waals surface area (Å²) in [6.45, 7) is 1.99. The van der Waals surface area contributed by atoms with Crippen molar-refractivity contribution in [1.29, 1.82) is 0 Å². The minimum absolute atomic E-state index is 0.114. The van der Waals surface area contributed by atoms with Crippen LogP contribution < -0.4 is 10.3 Å². The number of benzene rings is 3. The van der Waals surface area contributed by atoms with Crippen LogP contribution in [0, 0.1) is 18.8 Å². The number of hydrogen-bond acceptors (Lipinski definition) is 4. The van der Waals surface area contributed by atoms with E-state index in [1.807, 2.05) is 103 Å². The van der Waals surface area contributed by atoms with Crippen molar-refractivity contribution < 1.29 is 4.74 Å². The van der Waals surface area contributed by atoms with Crippen molar-refractivity contribution in [2.45, 2.75) is 6.92 Å². The Morgan fingerprint density at radius 2 is 1.87 bits per heavy atom.